The van der Waals surface area contributed by atoms with Crippen LogP contribution in [0.3, 0.4) is 0 Å². The molecule has 3 rings (SSSR count). The lowest BCUT2D eigenvalue weighted by Gasteiger charge is -2.26. The molecule has 0 saturated carbocycles. The van der Waals surface area contributed by atoms with Crippen molar-refractivity contribution in [3.63, 3.8) is 0 Å². The van der Waals surface area contributed by atoms with Crippen molar-refractivity contribution in [3.05, 3.63) is 106 Å². The molecule has 0 aliphatic rings. The second kappa shape index (κ2) is 9.63. The van der Waals surface area contributed by atoms with E-state index in [1.807, 2.05) is 93.6 Å². The first-order chi connectivity index (χ1) is 14.7. The number of nitrogens with one attached hydrogen (secondary N) is 1. The molecule has 0 heterocycles. The van der Waals surface area contributed by atoms with Crippen LogP contribution in [0.15, 0.2) is 83.3 Å². The highest BCUT2D eigenvalue weighted by Crippen LogP contribution is 2.32. The Bertz CT molecular complexity index is 1140. The van der Waals surface area contributed by atoms with E-state index in [0.29, 0.717) is 4.90 Å². The quantitative estimate of drug-likeness (QED) is 0.470. The van der Waals surface area contributed by atoms with Crippen molar-refractivity contribution in [2.45, 2.75) is 45.6 Å². The van der Waals surface area contributed by atoms with Crippen LogP contribution in [0.2, 0.25) is 0 Å². The maximum absolute atomic E-state index is 13.6. The fraction of sp³-hybridized carbons (Fsp3) is 0.259. The van der Waals surface area contributed by atoms with Crippen molar-refractivity contribution in [2.75, 3.05) is 0 Å². The van der Waals surface area contributed by atoms with Crippen LogP contribution in [-0.2, 0) is 10.0 Å². The third-order valence-electron chi connectivity index (χ3n) is 5.41. The zero-order valence-corrected chi connectivity index (χ0v) is 19.7. The first-order valence-electron chi connectivity index (χ1n) is 10.6. The summed E-state index contributed by atoms with van der Waals surface area (Å²) in [6.07, 6.45) is 2.10. The van der Waals surface area contributed by atoms with Gasteiger partial charge >= 0.3 is 0 Å². The number of hydrogen-bond donors (Lipinski definition) is 1. The molecule has 1 atom stereocenters. The van der Waals surface area contributed by atoms with Crippen LogP contribution in [0.1, 0.15) is 47.7 Å². The Morgan fingerprint density at radius 1 is 0.839 bits per heavy atom. The van der Waals surface area contributed by atoms with E-state index in [9.17, 15) is 8.42 Å². The highest BCUT2D eigenvalue weighted by molar-refractivity contribution is 7.89. The maximum atomic E-state index is 13.6. The molecule has 1 unspecified atom stereocenters. The smallest absolute Gasteiger partial charge is 0.207 e. The van der Waals surface area contributed by atoms with Crippen molar-refractivity contribution in [1.29, 1.82) is 0 Å². The molecule has 3 aromatic rings. The van der Waals surface area contributed by atoms with Crippen LogP contribution in [0.4, 0.5) is 0 Å². The Kier molecular flexibility index (Phi) is 7.14. The summed E-state index contributed by atoms with van der Waals surface area (Å²) in [5, 5.41) is 0. The van der Waals surface area contributed by atoms with Gasteiger partial charge in [0.1, 0.15) is 0 Å². The first kappa shape index (κ1) is 23.0. The van der Waals surface area contributed by atoms with E-state index in [4.69, 9.17) is 0 Å². The van der Waals surface area contributed by atoms with Gasteiger partial charge in [-0.15, -0.1) is 0 Å². The molecular weight excluding hydrogens is 402 g/mol. The molecule has 1 N–H and O–H groups in total. The lowest BCUT2D eigenvalue weighted by molar-refractivity contribution is 0.558. The monoisotopic (exact) mass is 433 g/mol. The molecule has 4 heteroatoms. The SMILES string of the molecule is Cc1cc(C)c(S(=O)(=O)NC(/C(=C/c2ccccc2)C(C)C)c2ccccc2)c(C)c1. The fourth-order valence-corrected chi connectivity index (χ4v) is 5.77. The van der Waals surface area contributed by atoms with Crippen molar-refractivity contribution in [3.8, 4) is 0 Å². The molecule has 0 amide bonds. The molecular formula is C27H31NO2S. The molecule has 0 spiro atoms. The molecule has 0 saturated heterocycles. The lowest BCUT2D eigenvalue weighted by Crippen LogP contribution is -2.32. The molecule has 0 aliphatic carbocycles. The van der Waals surface area contributed by atoms with Gasteiger partial charge in [-0.25, -0.2) is 8.42 Å². The third kappa shape index (κ3) is 5.52. The van der Waals surface area contributed by atoms with Gasteiger partial charge in [0.2, 0.25) is 10.0 Å². The predicted molar refractivity (Wildman–Crippen MR) is 129 cm³/mol. The summed E-state index contributed by atoms with van der Waals surface area (Å²) in [7, 11) is -3.75. The molecule has 162 valence electrons. The van der Waals surface area contributed by atoms with E-state index in [-0.39, 0.29) is 5.92 Å². The number of benzene rings is 3. The van der Waals surface area contributed by atoms with Gasteiger partial charge in [0, 0.05) is 0 Å². The zero-order chi connectivity index (χ0) is 22.6. The highest BCUT2D eigenvalue weighted by atomic mass is 32.2. The summed E-state index contributed by atoms with van der Waals surface area (Å²) in [4.78, 5) is 0.363. The van der Waals surface area contributed by atoms with Crippen LogP contribution < -0.4 is 4.72 Å². The second-order valence-corrected chi connectivity index (χ2v) is 10.1. The average molecular weight is 434 g/mol. The normalized spacial score (nSPS) is 13.4. The van der Waals surface area contributed by atoms with Crippen molar-refractivity contribution >= 4 is 16.1 Å². The van der Waals surface area contributed by atoms with Crippen molar-refractivity contribution in [2.24, 2.45) is 5.92 Å². The van der Waals surface area contributed by atoms with Gasteiger partial charge < -0.3 is 0 Å². The molecule has 0 bridgehead atoms. The van der Waals surface area contributed by atoms with Gasteiger partial charge in [0.15, 0.2) is 0 Å². The summed E-state index contributed by atoms with van der Waals surface area (Å²) in [5.41, 5.74) is 5.56. The Balaban J connectivity index is 2.13. The van der Waals surface area contributed by atoms with Gasteiger partial charge in [-0.2, -0.15) is 4.72 Å². The Hall–Kier alpha value is -2.69. The van der Waals surface area contributed by atoms with Crippen LogP contribution in [0.25, 0.3) is 6.08 Å². The Morgan fingerprint density at radius 2 is 1.35 bits per heavy atom. The largest absolute Gasteiger partial charge is 0.241 e. The average Bonchev–Trinajstić information content (AvgIpc) is 2.71. The zero-order valence-electron chi connectivity index (χ0n) is 18.9. The van der Waals surface area contributed by atoms with E-state index >= 15 is 0 Å². The Labute approximate surface area is 186 Å². The molecule has 0 radical (unpaired) electrons. The van der Waals surface area contributed by atoms with Crippen LogP contribution in [0, 0.1) is 26.7 Å². The molecule has 0 aromatic heterocycles. The second-order valence-electron chi connectivity index (χ2n) is 8.40. The number of hydrogen-bond acceptors (Lipinski definition) is 2. The third-order valence-corrected chi connectivity index (χ3v) is 7.14. The summed E-state index contributed by atoms with van der Waals surface area (Å²) >= 11 is 0. The minimum absolute atomic E-state index is 0.147. The molecule has 0 fully saturated rings. The first-order valence-corrected chi connectivity index (χ1v) is 12.1. The lowest BCUT2D eigenvalue weighted by atomic mass is 9.89. The van der Waals surface area contributed by atoms with E-state index < -0.39 is 16.1 Å². The van der Waals surface area contributed by atoms with Crippen molar-refractivity contribution in [1.82, 2.24) is 4.72 Å². The summed E-state index contributed by atoms with van der Waals surface area (Å²) in [6.45, 7) is 9.89. The molecule has 31 heavy (non-hydrogen) atoms. The maximum Gasteiger partial charge on any atom is 0.241 e. The fourth-order valence-electron chi connectivity index (χ4n) is 4.10. The van der Waals surface area contributed by atoms with Gasteiger partial charge in [0.25, 0.3) is 0 Å². The predicted octanol–water partition coefficient (Wildman–Crippen LogP) is 6.37. The van der Waals surface area contributed by atoms with E-state index in [2.05, 4.69) is 24.6 Å². The van der Waals surface area contributed by atoms with Crippen LogP contribution in [-0.4, -0.2) is 8.42 Å². The number of aryl methyl sites for hydroxylation is 3. The van der Waals surface area contributed by atoms with Gasteiger partial charge in [-0.3, -0.25) is 0 Å². The van der Waals surface area contributed by atoms with E-state index in [1.165, 1.54) is 0 Å². The van der Waals surface area contributed by atoms with Gasteiger partial charge in [0.05, 0.1) is 10.9 Å². The topological polar surface area (TPSA) is 46.2 Å². The van der Waals surface area contributed by atoms with Crippen LogP contribution >= 0.6 is 0 Å². The number of rotatable bonds is 7. The summed E-state index contributed by atoms with van der Waals surface area (Å²) < 4.78 is 30.3. The van der Waals surface area contributed by atoms with E-state index in [0.717, 1.165) is 33.4 Å². The summed E-state index contributed by atoms with van der Waals surface area (Å²) in [6, 6.07) is 23.2. The standard InChI is InChI=1S/C27H31NO2S/c1-19(2)25(18-23-12-8-6-9-13-23)26(24-14-10-7-11-15-24)28-31(29,30)27-21(4)16-20(3)17-22(27)5/h6-19,26,28H,1-5H3/b25-18+. The summed E-state index contributed by atoms with van der Waals surface area (Å²) in [5.74, 6) is 0.147. The van der Waals surface area contributed by atoms with Crippen molar-refractivity contribution < 1.29 is 8.42 Å². The minimum atomic E-state index is -3.75. The van der Waals surface area contributed by atoms with Gasteiger partial charge in [-0.05, 0) is 54.5 Å². The minimum Gasteiger partial charge on any atom is -0.207 e. The molecule has 3 nitrogen and oxygen atoms in total. The molecule has 0 aliphatic heterocycles. The van der Waals surface area contributed by atoms with E-state index in [1.54, 1.807) is 0 Å². The van der Waals surface area contributed by atoms with Gasteiger partial charge in [-0.1, -0.05) is 98.3 Å². The highest BCUT2D eigenvalue weighted by Gasteiger charge is 2.28. The van der Waals surface area contributed by atoms with Crippen LogP contribution in [0.5, 0.6) is 0 Å². The number of sulfonamides is 1. The Morgan fingerprint density at radius 3 is 1.87 bits per heavy atom. The molecule has 3 aromatic carbocycles.